The molecule has 96 valence electrons. The Bertz CT molecular complexity index is 195. The van der Waals surface area contributed by atoms with Crippen LogP contribution in [0.25, 0.3) is 0 Å². The lowest BCUT2D eigenvalue weighted by atomic mass is 9.80. The van der Waals surface area contributed by atoms with Crippen molar-refractivity contribution in [1.82, 2.24) is 0 Å². The van der Waals surface area contributed by atoms with E-state index in [1.54, 1.807) is 0 Å². The maximum absolute atomic E-state index is 6.34. The third kappa shape index (κ3) is 4.37. The van der Waals surface area contributed by atoms with E-state index in [9.17, 15) is 0 Å². The molecule has 0 N–H and O–H groups in total. The average Bonchev–Trinajstić information content (AvgIpc) is 2.21. The zero-order valence-corrected chi connectivity index (χ0v) is 12.8. The molecule has 1 saturated carbocycles. The van der Waals surface area contributed by atoms with Crippen LogP contribution in [-0.4, -0.2) is 17.0 Å². The summed E-state index contributed by atoms with van der Waals surface area (Å²) in [6.45, 7) is 9.12. The maximum Gasteiger partial charge on any atom is 0.0782 e. The molecule has 2 heteroatoms. The molecule has 0 saturated heterocycles. The molecule has 0 spiro atoms. The summed E-state index contributed by atoms with van der Waals surface area (Å²) in [4.78, 5) is 0. The summed E-state index contributed by atoms with van der Waals surface area (Å²) in [5.41, 5.74) is 0.126. The summed E-state index contributed by atoms with van der Waals surface area (Å²) in [5.74, 6) is 1.61. The normalized spacial score (nSPS) is 33.0. The van der Waals surface area contributed by atoms with E-state index in [2.05, 4.69) is 43.6 Å². The van der Waals surface area contributed by atoms with Gasteiger partial charge in [-0.1, -0.05) is 36.7 Å². The van der Waals surface area contributed by atoms with Gasteiger partial charge in [-0.05, 0) is 50.9 Å². The van der Waals surface area contributed by atoms with E-state index in [4.69, 9.17) is 4.74 Å². The topological polar surface area (TPSA) is 9.23 Å². The van der Waals surface area contributed by atoms with Crippen LogP contribution in [0.2, 0.25) is 0 Å². The molecule has 0 heterocycles. The standard InChI is InChI=1S/C14H27BrO/c1-11(2)9-13(4)16-14(10-15)7-5-12(3)6-8-14/h11-13H,5-10H2,1-4H3. The van der Waals surface area contributed by atoms with Gasteiger partial charge in [-0.2, -0.15) is 0 Å². The summed E-state index contributed by atoms with van der Waals surface area (Å²) >= 11 is 3.66. The molecule has 1 fully saturated rings. The van der Waals surface area contributed by atoms with Gasteiger partial charge in [-0.25, -0.2) is 0 Å². The molecular weight excluding hydrogens is 264 g/mol. The highest BCUT2D eigenvalue weighted by atomic mass is 79.9. The lowest BCUT2D eigenvalue weighted by Crippen LogP contribution is -2.41. The highest BCUT2D eigenvalue weighted by molar-refractivity contribution is 9.09. The van der Waals surface area contributed by atoms with Gasteiger partial charge in [0, 0.05) is 5.33 Å². The Kier molecular flexibility index (Phi) is 5.79. The molecule has 16 heavy (non-hydrogen) atoms. The molecule has 0 bridgehead atoms. The predicted octanol–water partition coefficient (Wildman–Crippen LogP) is 4.78. The van der Waals surface area contributed by atoms with Crippen LogP contribution in [0.5, 0.6) is 0 Å². The van der Waals surface area contributed by atoms with Crippen molar-refractivity contribution in [1.29, 1.82) is 0 Å². The first-order valence-corrected chi connectivity index (χ1v) is 7.83. The third-order valence-corrected chi connectivity index (χ3v) is 4.71. The Morgan fingerprint density at radius 1 is 1.25 bits per heavy atom. The van der Waals surface area contributed by atoms with E-state index in [0.717, 1.165) is 17.2 Å². The van der Waals surface area contributed by atoms with Crippen molar-refractivity contribution in [2.24, 2.45) is 11.8 Å². The quantitative estimate of drug-likeness (QED) is 0.662. The SMILES string of the molecule is CC(C)CC(C)OC1(CBr)CCC(C)CC1. The van der Waals surface area contributed by atoms with Crippen LogP contribution in [0.3, 0.4) is 0 Å². The van der Waals surface area contributed by atoms with Gasteiger partial charge < -0.3 is 4.74 Å². The van der Waals surface area contributed by atoms with Crippen molar-refractivity contribution in [2.45, 2.75) is 71.5 Å². The van der Waals surface area contributed by atoms with Crippen molar-refractivity contribution >= 4 is 15.9 Å². The molecule has 1 aliphatic carbocycles. The molecule has 1 nitrogen and oxygen atoms in total. The van der Waals surface area contributed by atoms with Gasteiger partial charge in [-0.15, -0.1) is 0 Å². The van der Waals surface area contributed by atoms with Gasteiger partial charge in [0.25, 0.3) is 0 Å². The minimum atomic E-state index is 0.126. The van der Waals surface area contributed by atoms with E-state index >= 15 is 0 Å². The fourth-order valence-corrected chi connectivity index (χ4v) is 3.40. The van der Waals surface area contributed by atoms with Gasteiger partial charge in [0.15, 0.2) is 0 Å². The van der Waals surface area contributed by atoms with Crippen molar-refractivity contribution in [3.63, 3.8) is 0 Å². The maximum atomic E-state index is 6.34. The molecule has 0 aromatic heterocycles. The summed E-state index contributed by atoms with van der Waals surface area (Å²) in [6.07, 6.45) is 6.65. The van der Waals surface area contributed by atoms with Crippen LogP contribution in [0.15, 0.2) is 0 Å². The lowest BCUT2D eigenvalue weighted by Gasteiger charge is -2.40. The van der Waals surface area contributed by atoms with Crippen molar-refractivity contribution in [3.05, 3.63) is 0 Å². The molecule has 0 radical (unpaired) electrons. The predicted molar refractivity (Wildman–Crippen MR) is 74.2 cm³/mol. The van der Waals surface area contributed by atoms with Gasteiger partial charge >= 0.3 is 0 Å². The van der Waals surface area contributed by atoms with Crippen LogP contribution in [0, 0.1) is 11.8 Å². The van der Waals surface area contributed by atoms with Gasteiger partial charge in [0.1, 0.15) is 0 Å². The summed E-state index contributed by atoms with van der Waals surface area (Å²) in [7, 11) is 0. The summed E-state index contributed by atoms with van der Waals surface area (Å²) < 4.78 is 6.34. The lowest BCUT2D eigenvalue weighted by molar-refractivity contribution is -0.102. The number of alkyl halides is 1. The second kappa shape index (κ2) is 6.39. The third-order valence-electron chi connectivity index (χ3n) is 3.68. The van der Waals surface area contributed by atoms with Crippen molar-refractivity contribution in [2.75, 3.05) is 5.33 Å². The molecule has 0 aromatic carbocycles. The molecule has 1 aliphatic rings. The summed E-state index contributed by atoms with van der Waals surface area (Å²) in [5, 5.41) is 0.995. The minimum absolute atomic E-state index is 0.126. The van der Waals surface area contributed by atoms with Crippen molar-refractivity contribution in [3.8, 4) is 0 Å². The zero-order chi connectivity index (χ0) is 12.2. The molecule has 0 aliphatic heterocycles. The number of rotatable bonds is 5. The first kappa shape index (κ1) is 14.5. The largest absolute Gasteiger partial charge is 0.371 e. The van der Waals surface area contributed by atoms with Gasteiger partial charge in [0.05, 0.1) is 11.7 Å². The average molecular weight is 291 g/mol. The Balaban J connectivity index is 2.47. The van der Waals surface area contributed by atoms with Crippen LogP contribution in [-0.2, 0) is 4.74 Å². The molecular formula is C14H27BrO. The molecule has 1 atom stereocenters. The first-order valence-electron chi connectivity index (χ1n) is 6.71. The smallest absolute Gasteiger partial charge is 0.0782 e. The highest BCUT2D eigenvalue weighted by Gasteiger charge is 2.35. The monoisotopic (exact) mass is 290 g/mol. The van der Waals surface area contributed by atoms with Crippen molar-refractivity contribution < 1.29 is 4.74 Å². The Hall–Kier alpha value is 0.440. The van der Waals surface area contributed by atoms with Crippen LogP contribution in [0.1, 0.15) is 59.8 Å². The number of hydrogen-bond donors (Lipinski definition) is 0. The minimum Gasteiger partial charge on any atom is -0.371 e. The van der Waals surface area contributed by atoms with Crippen LogP contribution < -0.4 is 0 Å². The first-order chi connectivity index (χ1) is 7.47. The second-order valence-electron chi connectivity index (χ2n) is 6.06. The van der Waals surface area contributed by atoms with E-state index in [1.807, 2.05) is 0 Å². The number of hydrogen-bond acceptors (Lipinski definition) is 1. The number of ether oxygens (including phenoxy) is 1. The van der Waals surface area contributed by atoms with E-state index < -0.39 is 0 Å². The molecule has 0 amide bonds. The molecule has 1 rings (SSSR count). The Morgan fingerprint density at radius 3 is 2.25 bits per heavy atom. The summed E-state index contributed by atoms with van der Waals surface area (Å²) in [6, 6.07) is 0. The highest BCUT2D eigenvalue weighted by Crippen LogP contribution is 2.37. The van der Waals surface area contributed by atoms with E-state index in [1.165, 1.54) is 32.1 Å². The van der Waals surface area contributed by atoms with E-state index in [0.29, 0.717) is 6.10 Å². The molecule has 0 aromatic rings. The second-order valence-corrected chi connectivity index (χ2v) is 6.62. The van der Waals surface area contributed by atoms with Gasteiger partial charge in [0.2, 0.25) is 0 Å². The number of halogens is 1. The van der Waals surface area contributed by atoms with E-state index in [-0.39, 0.29) is 5.60 Å². The van der Waals surface area contributed by atoms with Crippen LogP contribution >= 0.6 is 15.9 Å². The Morgan fingerprint density at radius 2 is 1.81 bits per heavy atom. The van der Waals surface area contributed by atoms with Crippen LogP contribution in [0.4, 0.5) is 0 Å². The fraction of sp³-hybridized carbons (Fsp3) is 1.00. The van der Waals surface area contributed by atoms with Gasteiger partial charge in [-0.3, -0.25) is 0 Å². The zero-order valence-electron chi connectivity index (χ0n) is 11.3. The Labute approximate surface area is 109 Å². The molecule has 1 unspecified atom stereocenters. The fourth-order valence-electron chi connectivity index (χ4n) is 2.71.